The van der Waals surface area contributed by atoms with E-state index in [0.717, 1.165) is 116 Å². The van der Waals surface area contributed by atoms with Gasteiger partial charge in [0.25, 0.3) is 0 Å². The SMILES string of the molecule is CC/C=C\C/C=C\C/C=C\C/C=C\C/C=C\CCCCCCCCCCCCCC(=O)OCC(COC(=O)C/C=C\C/C=C\C/C=C\C/C=C\C/C=C\CC)OC(=O)CCCCCCCCC/C=C\C/C=C\CCCCCC. The first kappa shape index (κ1) is 73.3. The number of hydrogen-bond donors (Lipinski definition) is 0. The van der Waals surface area contributed by atoms with E-state index in [1.165, 1.54) is 116 Å². The zero-order chi connectivity index (χ0) is 56.4. The Morgan fingerprint density at radius 3 is 0.897 bits per heavy atom. The number of carbonyl (C=O) groups is 3. The number of hydrogen-bond acceptors (Lipinski definition) is 6. The van der Waals surface area contributed by atoms with E-state index in [1.807, 2.05) is 6.08 Å². The van der Waals surface area contributed by atoms with Crippen LogP contribution in [-0.4, -0.2) is 37.2 Å². The highest BCUT2D eigenvalue weighted by molar-refractivity contribution is 5.72. The molecule has 1 atom stereocenters. The summed E-state index contributed by atoms with van der Waals surface area (Å²) < 4.78 is 16.8. The van der Waals surface area contributed by atoms with Crippen molar-refractivity contribution in [2.75, 3.05) is 13.2 Å². The molecule has 78 heavy (non-hydrogen) atoms. The molecule has 0 N–H and O–H groups in total. The van der Waals surface area contributed by atoms with E-state index in [0.29, 0.717) is 12.8 Å². The molecule has 6 nitrogen and oxygen atoms in total. The molecule has 0 spiro atoms. The van der Waals surface area contributed by atoms with E-state index in [1.54, 1.807) is 6.08 Å². The lowest BCUT2D eigenvalue weighted by Gasteiger charge is -2.18. The third-order valence-electron chi connectivity index (χ3n) is 13.1. The highest BCUT2D eigenvalue weighted by atomic mass is 16.6. The molecule has 0 heterocycles. The molecule has 0 aromatic heterocycles. The van der Waals surface area contributed by atoms with Gasteiger partial charge in [-0.3, -0.25) is 14.4 Å². The second-order valence-corrected chi connectivity index (χ2v) is 20.6. The zero-order valence-corrected chi connectivity index (χ0v) is 50.4. The van der Waals surface area contributed by atoms with E-state index in [4.69, 9.17) is 14.2 Å². The summed E-state index contributed by atoms with van der Waals surface area (Å²) in [6.45, 7) is 6.30. The van der Waals surface area contributed by atoms with Crippen LogP contribution in [-0.2, 0) is 28.6 Å². The molecule has 0 aromatic carbocycles. The molecular weight excluding hydrogens is 961 g/mol. The number of allylic oxidation sites excluding steroid dienone is 23. The molecule has 1 unspecified atom stereocenters. The van der Waals surface area contributed by atoms with Crippen LogP contribution in [0.15, 0.2) is 146 Å². The predicted molar refractivity (Wildman–Crippen MR) is 339 cm³/mol. The molecule has 0 radical (unpaired) electrons. The minimum absolute atomic E-state index is 0.117. The fraction of sp³-hybridized carbons (Fsp3) is 0.625. The van der Waals surface area contributed by atoms with Crippen LogP contribution < -0.4 is 0 Å². The van der Waals surface area contributed by atoms with Gasteiger partial charge in [-0.25, -0.2) is 0 Å². The minimum atomic E-state index is -0.830. The lowest BCUT2D eigenvalue weighted by molar-refractivity contribution is -0.166. The van der Waals surface area contributed by atoms with Crippen LogP contribution >= 0.6 is 0 Å². The Morgan fingerprint density at radius 2 is 0.551 bits per heavy atom. The van der Waals surface area contributed by atoms with Gasteiger partial charge < -0.3 is 14.2 Å². The van der Waals surface area contributed by atoms with Gasteiger partial charge in [0.15, 0.2) is 6.10 Å². The molecule has 6 heteroatoms. The van der Waals surface area contributed by atoms with Crippen LogP contribution in [0.3, 0.4) is 0 Å². The monoisotopic (exact) mass is 1080 g/mol. The first-order valence-electron chi connectivity index (χ1n) is 31.8. The van der Waals surface area contributed by atoms with Gasteiger partial charge in [-0.05, 0) is 122 Å². The third-order valence-corrected chi connectivity index (χ3v) is 13.1. The number of unbranched alkanes of at least 4 members (excludes halogenated alkanes) is 22. The topological polar surface area (TPSA) is 78.9 Å². The molecule has 0 aliphatic heterocycles. The van der Waals surface area contributed by atoms with Crippen molar-refractivity contribution in [1.29, 1.82) is 0 Å². The minimum Gasteiger partial charge on any atom is -0.462 e. The Balaban J connectivity index is 4.42. The maximum atomic E-state index is 12.9. The van der Waals surface area contributed by atoms with E-state index in [-0.39, 0.29) is 31.6 Å². The van der Waals surface area contributed by atoms with Gasteiger partial charge in [-0.2, -0.15) is 0 Å². The Hall–Kier alpha value is -4.71. The van der Waals surface area contributed by atoms with E-state index >= 15 is 0 Å². The summed E-state index contributed by atoms with van der Waals surface area (Å²) in [5.41, 5.74) is 0. The summed E-state index contributed by atoms with van der Waals surface area (Å²) >= 11 is 0. The van der Waals surface area contributed by atoms with E-state index < -0.39 is 12.1 Å². The van der Waals surface area contributed by atoms with Gasteiger partial charge in [-0.1, -0.05) is 276 Å². The van der Waals surface area contributed by atoms with Crippen LogP contribution in [0.5, 0.6) is 0 Å². The average Bonchev–Trinajstić information content (AvgIpc) is 3.44. The fourth-order valence-electron chi connectivity index (χ4n) is 8.40. The average molecular weight is 1080 g/mol. The van der Waals surface area contributed by atoms with Crippen LogP contribution in [0.25, 0.3) is 0 Å². The number of ether oxygens (including phenoxy) is 3. The van der Waals surface area contributed by atoms with Gasteiger partial charge >= 0.3 is 17.9 Å². The zero-order valence-electron chi connectivity index (χ0n) is 50.4. The quantitative estimate of drug-likeness (QED) is 0.0261. The molecule has 440 valence electrons. The maximum Gasteiger partial charge on any atom is 0.309 e. The lowest BCUT2D eigenvalue weighted by Crippen LogP contribution is -2.30. The second kappa shape index (κ2) is 64.8. The van der Waals surface area contributed by atoms with Gasteiger partial charge in [0.2, 0.25) is 0 Å². The fourth-order valence-corrected chi connectivity index (χ4v) is 8.40. The smallest absolute Gasteiger partial charge is 0.309 e. The molecule has 0 bridgehead atoms. The maximum absolute atomic E-state index is 12.9. The molecule has 0 amide bonds. The highest BCUT2D eigenvalue weighted by Gasteiger charge is 2.19. The molecule has 0 aliphatic carbocycles. The number of rotatable bonds is 56. The molecule has 0 aliphatic rings. The van der Waals surface area contributed by atoms with Crippen molar-refractivity contribution in [3.05, 3.63) is 146 Å². The summed E-state index contributed by atoms with van der Waals surface area (Å²) in [6.07, 6.45) is 93.0. The summed E-state index contributed by atoms with van der Waals surface area (Å²) in [7, 11) is 0. The van der Waals surface area contributed by atoms with Gasteiger partial charge in [-0.15, -0.1) is 0 Å². The summed E-state index contributed by atoms with van der Waals surface area (Å²) in [6, 6.07) is 0. The summed E-state index contributed by atoms with van der Waals surface area (Å²) in [5, 5.41) is 0. The molecule has 0 saturated heterocycles. The molecule has 0 rings (SSSR count). The largest absolute Gasteiger partial charge is 0.462 e. The molecule has 0 aromatic rings. The van der Waals surface area contributed by atoms with Crippen molar-refractivity contribution in [1.82, 2.24) is 0 Å². The van der Waals surface area contributed by atoms with E-state index in [2.05, 4.69) is 154 Å². The van der Waals surface area contributed by atoms with Crippen molar-refractivity contribution >= 4 is 17.9 Å². The van der Waals surface area contributed by atoms with Gasteiger partial charge in [0.1, 0.15) is 13.2 Å². The standard InChI is InChI=1S/C72H116O6/c1-4-7-10-13-16-19-22-25-28-30-32-33-34-35-36-37-38-39-40-42-44-47-50-53-56-59-62-65-71(74)77-68-69(67-76-70(73)64-61-58-55-52-49-46-43-27-24-21-18-15-12-9-6-3)78-72(75)66-63-60-57-54-51-48-45-41-31-29-26-23-20-17-14-11-8-5-2/h7,9-10,12,16,18-21,23,25,27-29,31-33,35-36,43,49,52,58,61,69H,4-6,8,11,13-15,17,22,24,26,30,34,37-42,44-48,50-51,53-57,59-60,62-68H2,1-3H3/b10-7-,12-9-,19-16-,21-18-,23-20-,28-25-,31-29-,33-32-,36-35-,43-27-,52-49-,61-58-. The Morgan fingerprint density at radius 1 is 0.282 bits per heavy atom. The Kier molecular flexibility index (Phi) is 60.9. The van der Waals surface area contributed by atoms with Crippen molar-refractivity contribution in [2.24, 2.45) is 0 Å². The summed E-state index contributed by atoms with van der Waals surface area (Å²) in [5.74, 6) is -1.06. The van der Waals surface area contributed by atoms with Crippen LogP contribution in [0.1, 0.15) is 271 Å². The van der Waals surface area contributed by atoms with Crippen LogP contribution in [0, 0.1) is 0 Å². The lowest BCUT2D eigenvalue weighted by atomic mass is 10.0. The number of carbonyl (C=O) groups excluding carboxylic acids is 3. The van der Waals surface area contributed by atoms with Crippen molar-refractivity contribution < 1.29 is 28.6 Å². The van der Waals surface area contributed by atoms with Crippen molar-refractivity contribution in [2.45, 2.75) is 277 Å². The Bertz CT molecular complexity index is 1710. The molecule has 0 fully saturated rings. The van der Waals surface area contributed by atoms with Gasteiger partial charge in [0.05, 0.1) is 6.42 Å². The normalized spacial score (nSPS) is 13.1. The Labute approximate surface area is 480 Å². The van der Waals surface area contributed by atoms with Crippen molar-refractivity contribution in [3.63, 3.8) is 0 Å². The first-order chi connectivity index (χ1) is 38.5. The summed E-state index contributed by atoms with van der Waals surface area (Å²) in [4.78, 5) is 38.2. The molecule has 0 saturated carbocycles. The van der Waals surface area contributed by atoms with Gasteiger partial charge in [0, 0.05) is 12.8 Å². The van der Waals surface area contributed by atoms with E-state index in [9.17, 15) is 14.4 Å². The molecular formula is C72H116O6. The third kappa shape index (κ3) is 62.1. The second-order valence-electron chi connectivity index (χ2n) is 20.6. The predicted octanol–water partition coefficient (Wildman–Crippen LogP) is 21.9. The number of esters is 3. The van der Waals surface area contributed by atoms with Crippen LogP contribution in [0.4, 0.5) is 0 Å². The first-order valence-corrected chi connectivity index (χ1v) is 31.8. The van der Waals surface area contributed by atoms with Crippen molar-refractivity contribution in [3.8, 4) is 0 Å². The highest BCUT2D eigenvalue weighted by Crippen LogP contribution is 2.15. The van der Waals surface area contributed by atoms with Crippen LogP contribution in [0.2, 0.25) is 0 Å².